The van der Waals surface area contributed by atoms with Gasteiger partial charge in [-0.15, -0.1) is 11.3 Å². The van der Waals surface area contributed by atoms with Crippen LogP contribution in [0.5, 0.6) is 0 Å². The fourth-order valence-electron chi connectivity index (χ4n) is 4.83. The Labute approximate surface area is 218 Å². The number of piperidine rings is 1. The van der Waals surface area contributed by atoms with Gasteiger partial charge in [-0.1, -0.05) is 17.7 Å². The maximum atomic E-state index is 13.5. The van der Waals surface area contributed by atoms with E-state index in [1.165, 1.54) is 0 Å². The van der Waals surface area contributed by atoms with E-state index in [2.05, 4.69) is 15.6 Å². The smallest absolute Gasteiger partial charge is 0.330 e. The SMILES string of the molecule is Cc1ncc2n1C(=O)N(C1CCN(C(=O)[C@@H](Cc3cccs3)NC(=O)Nc3ccc(Cl)cc3)CC1)C2. The predicted octanol–water partition coefficient (Wildman–Crippen LogP) is 4.11. The van der Waals surface area contributed by atoms with E-state index in [0.717, 1.165) is 10.6 Å². The Bertz CT molecular complexity index is 1250. The fourth-order valence-corrected chi connectivity index (χ4v) is 5.70. The molecule has 0 radical (unpaired) electrons. The van der Waals surface area contributed by atoms with Crippen LogP contribution >= 0.6 is 22.9 Å². The molecule has 2 aromatic heterocycles. The minimum atomic E-state index is -0.699. The van der Waals surface area contributed by atoms with Crippen molar-refractivity contribution < 1.29 is 14.4 Å². The van der Waals surface area contributed by atoms with Gasteiger partial charge >= 0.3 is 12.1 Å². The summed E-state index contributed by atoms with van der Waals surface area (Å²) in [6.45, 7) is 3.43. The van der Waals surface area contributed by atoms with Crippen LogP contribution in [-0.4, -0.2) is 62.5 Å². The first-order chi connectivity index (χ1) is 17.4. The van der Waals surface area contributed by atoms with E-state index in [9.17, 15) is 14.4 Å². The largest absolute Gasteiger partial charge is 0.341 e. The number of urea groups is 1. The van der Waals surface area contributed by atoms with Crippen molar-refractivity contribution in [1.82, 2.24) is 24.7 Å². The predicted molar refractivity (Wildman–Crippen MR) is 138 cm³/mol. The zero-order chi connectivity index (χ0) is 25.2. The van der Waals surface area contributed by atoms with Crippen molar-refractivity contribution >= 4 is 46.6 Å². The zero-order valence-corrected chi connectivity index (χ0v) is 21.4. The summed E-state index contributed by atoms with van der Waals surface area (Å²) in [5.74, 6) is 0.580. The number of hydrogen-bond acceptors (Lipinski definition) is 5. The molecule has 11 heteroatoms. The average molecular weight is 527 g/mol. The third-order valence-electron chi connectivity index (χ3n) is 6.69. The molecule has 0 spiro atoms. The summed E-state index contributed by atoms with van der Waals surface area (Å²) >= 11 is 7.47. The van der Waals surface area contributed by atoms with E-state index < -0.39 is 12.1 Å². The number of thiophene rings is 1. The summed E-state index contributed by atoms with van der Waals surface area (Å²) in [5, 5.41) is 8.16. The molecule has 4 amide bonds. The molecule has 36 heavy (non-hydrogen) atoms. The molecule has 4 heterocycles. The number of nitrogens with one attached hydrogen (secondary N) is 2. The summed E-state index contributed by atoms with van der Waals surface area (Å²) in [5.41, 5.74) is 1.49. The van der Waals surface area contributed by atoms with Crippen LogP contribution < -0.4 is 10.6 Å². The molecule has 3 aromatic rings. The lowest BCUT2D eigenvalue weighted by atomic mass is 10.0. The third kappa shape index (κ3) is 5.10. The second kappa shape index (κ2) is 10.3. The highest BCUT2D eigenvalue weighted by Crippen LogP contribution is 2.26. The van der Waals surface area contributed by atoms with Gasteiger partial charge in [-0.2, -0.15) is 0 Å². The Morgan fingerprint density at radius 3 is 2.61 bits per heavy atom. The summed E-state index contributed by atoms with van der Waals surface area (Å²) in [7, 11) is 0. The van der Waals surface area contributed by atoms with Crippen LogP contribution in [0.1, 0.15) is 29.2 Å². The van der Waals surface area contributed by atoms with Gasteiger partial charge in [0.05, 0.1) is 18.4 Å². The molecule has 0 bridgehead atoms. The van der Waals surface area contributed by atoms with Crippen molar-refractivity contribution in [2.45, 2.75) is 44.8 Å². The highest BCUT2D eigenvalue weighted by Gasteiger charge is 2.37. The first kappa shape index (κ1) is 24.3. The summed E-state index contributed by atoms with van der Waals surface area (Å²) in [6.07, 6.45) is 3.55. The number of anilines is 1. The minimum absolute atomic E-state index is 0.0408. The summed E-state index contributed by atoms with van der Waals surface area (Å²) in [4.78, 5) is 48.0. The molecule has 2 aliphatic rings. The molecule has 2 aliphatic heterocycles. The third-order valence-corrected chi connectivity index (χ3v) is 7.84. The molecule has 2 N–H and O–H groups in total. The summed E-state index contributed by atoms with van der Waals surface area (Å²) < 4.78 is 1.66. The quantitative estimate of drug-likeness (QED) is 0.505. The number of imidazole rings is 1. The van der Waals surface area contributed by atoms with E-state index in [4.69, 9.17) is 11.6 Å². The number of carbonyl (C=O) groups is 3. The number of halogens is 1. The standard InChI is InChI=1S/C25H27ClN6O3S/c1-16-27-14-20-15-31(25(35)32(16)20)19-8-10-30(11-9-19)23(33)22(13-21-3-2-12-36-21)29-24(34)28-18-6-4-17(26)5-7-18/h2-7,12,14,19,22H,8-11,13,15H2,1H3,(H2,28,29,34)/t22-/m1/s1. The van der Waals surface area contributed by atoms with E-state index in [-0.39, 0.29) is 18.0 Å². The van der Waals surface area contributed by atoms with Crippen molar-refractivity contribution in [2.24, 2.45) is 0 Å². The van der Waals surface area contributed by atoms with Crippen molar-refractivity contribution in [1.29, 1.82) is 0 Å². The number of hydrogen-bond donors (Lipinski definition) is 2. The number of rotatable bonds is 6. The second-order valence-corrected chi connectivity index (χ2v) is 10.5. The van der Waals surface area contributed by atoms with E-state index in [0.29, 0.717) is 55.4 Å². The lowest BCUT2D eigenvalue weighted by molar-refractivity contribution is -0.134. The van der Waals surface area contributed by atoms with E-state index >= 15 is 0 Å². The summed E-state index contributed by atoms with van der Waals surface area (Å²) in [6, 6.07) is 9.56. The van der Waals surface area contributed by atoms with E-state index in [1.54, 1.807) is 51.3 Å². The Hall–Kier alpha value is -3.37. The number of benzene rings is 1. The second-order valence-electron chi connectivity index (χ2n) is 9.04. The fraction of sp³-hybridized carbons (Fsp3) is 0.360. The molecule has 1 fully saturated rings. The van der Waals surface area contributed by atoms with Crippen LogP contribution in [0, 0.1) is 6.92 Å². The first-order valence-corrected chi connectivity index (χ1v) is 13.1. The molecule has 0 aliphatic carbocycles. The van der Waals surface area contributed by atoms with Crippen molar-refractivity contribution in [2.75, 3.05) is 18.4 Å². The molecule has 188 valence electrons. The number of fused-ring (bicyclic) bond motifs is 1. The molecular weight excluding hydrogens is 500 g/mol. The van der Waals surface area contributed by atoms with Gasteiger partial charge in [0.2, 0.25) is 5.91 Å². The van der Waals surface area contributed by atoms with Gasteiger partial charge in [0.25, 0.3) is 0 Å². The number of carbonyl (C=O) groups excluding carboxylic acids is 3. The number of nitrogens with zero attached hydrogens (tertiary/aromatic N) is 4. The molecule has 0 unspecified atom stereocenters. The maximum Gasteiger partial charge on any atom is 0.330 e. The lowest BCUT2D eigenvalue weighted by Gasteiger charge is -2.37. The Balaban J connectivity index is 1.21. The number of aromatic nitrogens is 2. The van der Waals surface area contributed by atoms with Crippen LogP contribution in [-0.2, 0) is 17.8 Å². The molecule has 9 nitrogen and oxygen atoms in total. The molecule has 5 rings (SSSR count). The van der Waals surface area contributed by atoms with Crippen molar-refractivity contribution in [3.8, 4) is 0 Å². The van der Waals surface area contributed by atoms with E-state index in [1.807, 2.05) is 29.3 Å². The zero-order valence-electron chi connectivity index (χ0n) is 19.8. The number of likely N-dealkylation sites (tertiary alicyclic amines) is 1. The highest BCUT2D eigenvalue weighted by atomic mass is 35.5. The van der Waals surface area contributed by atoms with Crippen LogP contribution in [0.3, 0.4) is 0 Å². The Morgan fingerprint density at radius 1 is 1.19 bits per heavy atom. The normalized spacial score (nSPS) is 16.7. The van der Waals surface area contributed by atoms with Gasteiger partial charge in [-0.3, -0.25) is 9.36 Å². The lowest BCUT2D eigenvalue weighted by Crippen LogP contribution is -2.54. The molecule has 1 saturated heterocycles. The maximum absolute atomic E-state index is 13.5. The van der Waals surface area contributed by atoms with Crippen LogP contribution in [0.2, 0.25) is 5.02 Å². The Morgan fingerprint density at radius 2 is 1.94 bits per heavy atom. The molecule has 0 saturated carbocycles. The van der Waals surface area contributed by atoms with Gasteiger partial charge < -0.3 is 20.4 Å². The molecular formula is C25H27ClN6O3S. The van der Waals surface area contributed by atoms with Crippen LogP contribution in [0.25, 0.3) is 0 Å². The topological polar surface area (TPSA) is 99.6 Å². The van der Waals surface area contributed by atoms with Crippen molar-refractivity contribution in [3.05, 3.63) is 69.4 Å². The Kier molecular flexibility index (Phi) is 6.97. The van der Waals surface area contributed by atoms with Crippen LogP contribution in [0.4, 0.5) is 15.3 Å². The van der Waals surface area contributed by atoms with Gasteiger partial charge in [0.15, 0.2) is 0 Å². The molecule has 1 aromatic carbocycles. The number of amides is 4. The van der Waals surface area contributed by atoms with Gasteiger partial charge in [-0.25, -0.2) is 14.6 Å². The minimum Gasteiger partial charge on any atom is -0.341 e. The highest BCUT2D eigenvalue weighted by molar-refractivity contribution is 7.09. The van der Waals surface area contributed by atoms with Crippen LogP contribution in [0.15, 0.2) is 48.0 Å². The van der Waals surface area contributed by atoms with Gasteiger partial charge in [0.1, 0.15) is 11.9 Å². The molecule has 1 atom stereocenters. The van der Waals surface area contributed by atoms with Gasteiger partial charge in [-0.05, 0) is 55.5 Å². The van der Waals surface area contributed by atoms with Gasteiger partial charge in [0, 0.05) is 41.1 Å². The monoisotopic (exact) mass is 526 g/mol. The first-order valence-electron chi connectivity index (χ1n) is 11.9. The average Bonchev–Trinajstić information content (AvgIpc) is 3.59. The van der Waals surface area contributed by atoms with Crippen molar-refractivity contribution in [3.63, 3.8) is 0 Å². The number of aryl methyl sites for hydroxylation is 1.